The fraction of sp³-hybridized carbons (Fsp3) is 0.417. The molecule has 2 amide bonds. The van der Waals surface area contributed by atoms with Crippen LogP contribution in [0, 0.1) is 13.8 Å². The number of rotatable bonds is 8. The summed E-state index contributed by atoms with van der Waals surface area (Å²) >= 11 is 0. The van der Waals surface area contributed by atoms with E-state index in [-0.39, 0.29) is 11.8 Å². The van der Waals surface area contributed by atoms with Gasteiger partial charge in [-0.1, -0.05) is 50.1 Å². The zero-order valence-electron chi connectivity index (χ0n) is 17.7. The van der Waals surface area contributed by atoms with Crippen LogP contribution in [-0.4, -0.2) is 18.4 Å². The van der Waals surface area contributed by atoms with Crippen LogP contribution >= 0.6 is 0 Å². The van der Waals surface area contributed by atoms with Crippen molar-refractivity contribution in [1.82, 2.24) is 5.32 Å². The van der Waals surface area contributed by atoms with Gasteiger partial charge in [0.2, 0.25) is 5.91 Å². The Hall–Kier alpha value is -2.82. The highest BCUT2D eigenvalue weighted by atomic mass is 16.5. The van der Waals surface area contributed by atoms with E-state index in [1.54, 1.807) is 4.90 Å². The molecule has 1 atom stereocenters. The first-order valence-electron chi connectivity index (χ1n) is 10.3. The van der Waals surface area contributed by atoms with E-state index in [1.165, 1.54) is 6.92 Å². The van der Waals surface area contributed by atoms with Crippen LogP contribution in [0.15, 0.2) is 36.4 Å². The molecule has 2 aromatic carbocycles. The monoisotopic (exact) mass is 394 g/mol. The standard InChI is InChI=1S/C24H30N2O3/c1-5-6-9-14-29-20-11-8-7-10-19(20)15-26-23-17(3)13-12-16(2)21(23)22(24(26)28)25-18(4)27/h7-8,10-13,22H,5-6,9,14-15H2,1-4H3,(H,25,27)/t22-/m1/s1. The van der Waals surface area contributed by atoms with Crippen LogP contribution in [0.2, 0.25) is 0 Å². The average molecular weight is 395 g/mol. The molecule has 0 spiro atoms. The van der Waals surface area contributed by atoms with E-state index in [0.29, 0.717) is 13.2 Å². The first kappa shape index (κ1) is 20.9. The Kier molecular flexibility index (Phi) is 6.57. The number of hydrogen-bond donors (Lipinski definition) is 1. The number of para-hydroxylation sites is 1. The van der Waals surface area contributed by atoms with E-state index in [2.05, 4.69) is 12.2 Å². The van der Waals surface area contributed by atoms with E-state index in [9.17, 15) is 9.59 Å². The number of aryl methyl sites for hydroxylation is 2. The minimum Gasteiger partial charge on any atom is -0.493 e. The summed E-state index contributed by atoms with van der Waals surface area (Å²) in [6.07, 6.45) is 3.30. The molecule has 0 aromatic heterocycles. The lowest BCUT2D eigenvalue weighted by Crippen LogP contribution is -2.36. The Morgan fingerprint density at radius 2 is 1.83 bits per heavy atom. The maximum atomic E-state index is 13.3. The number of hydrogen-bond acceptors (Lipinski definition) is 3. The van der Waals surface area contributed by atoms with Gasteiger partial charge in [0, 0.05) is 18.1 Å². The largest absolute Gasteiger partial charge is 0.493 e. The zero-order valence-corrected chi connectivity index (χ0v) is 17.7. The highest BCUT2D eigenvalue weighted by molar-refractivity contribution is 6.07. The number of nitrogens with zero attached hydrogens (tertiary/aromatic N) is 1. The van der Waals surface area contributed by atoms with Crippen molar-refractivity contribution < 1.29 is 14.3 Å². The second-order valence-electron chi connectivity index (χ2n) is 7.68. The number of nitrogens with one attached hydrogen (secondary N) is 1. The van der Waals surface area contributed by atoms with Crippen LogP contribution in [0.3, 0.4) is 0 Å². The fourth-order valence-electron chi connectivity index (χ4n) is 3.90. The third-order valence-corrected chi connectivity index (χ3v) is 5.36. The van der Waals surface area contributed by atoms with Crippen LogP contribution in [0.4, 0.5) is 5.69 Å². The number of ether oxygens (including phenoxy) is 1. The molecule has 0 bridgehead atoms. The Morgan fingerprint density at radius 1 is 1.10 bits per heavy atom. The molecule has 29 heavy (non-hydrogen) atoms. The molecule has 1 aliphatic rings. The van der Waals surface area contributed by atoms with Gasteiger partial charge in [-0.2, -0.15) is 0 Å². The highest BCUT2D eigenvalue weighted by Gasteiger charge is 2.40. The summed E-state index contributed by atoms with van der Waals surface area (Å²) in [6.45, 7) is 8.68. The molecule has 1 heterocycles. The number of anilines is 1. The molecule has 0 unspecified atom stereocenters. The second kappa shape index (κ2) is 9.12. The quantitative estimate of drug-likeness (QED) is 0.666. The molecule has 0 aliphatic carbocycles. The Morgan fingerprint density at radius 3 is 2.55 bits per heavy atom. The molecule has 0 saturated carbocycles. The lowest BCUT2D eigenvalue weighted by Gasteiger charge is -2.21. The molecule has 0 fully saturated rings. The van der Waals surface area contributed by atoms with E-state index in [4.69, 9.17) is 4.74 Å². The molecule has 1 aliphatic heterocycles. The van der Waals surface area contributed by atoms with Gasteiger partial charge in [0.1, 0.15) is 11.8 Å². The molecule has 5 heteroatoms. The second-order valence-corrected chi connectivity index (χ2v) is 7.68. The Balaban J connectivity index is 1.92. The smallest absolute Gasteiger partial charge is 0.254 e. The average Bonchev–Trinajstić information content (AvgIpc) is 2.96. The number of amides is 2. The molecule has 2 aromatic rings. The van der Waals surface area contributed by atoms with Gasteiger partial charge in [-0.3, -0.25) is 9.59 Å². The number of carbonyl (C=O) groups excluding carboxylic acids is 2. The summed E-state index contributed by atoms with van der Waals surface area (Å²) in [4.78, 5) is 26.8. The number of carbonyl (C=O) groups is 2. The maximum Gasteiger partial charge on any atom is 0.254 e. The van der Waals surface area contributed by atoms with Crippen LogP contribution < -0.4 is 15.0 Å². The molecule has 154 valence electrons. The zero-order chi connectivity index (χ0) is 21.0. The lowest BCUT2D eigenvalue weighted by atomic mass is 9.99. The summed E-state index contributed by atoms with van der Waals surface area (Å²) < 4.78 is 6.01. The Labute approximate surface area is 173 Å². The predicted octanol–water partition coefficient (Wildman–Crippen LogP) is 4.60. The summed E-state index contributed by atoms with van der Waals surface area (Å²) in [5, 5.41) is 2.83. The summed E-state index contributed by atoms with van der Waals surface area (Å²) in [5.41, 5.74) is 4.78. The van der Waals surface area contributed by atoms with Crippen LogP contribution in [-0.2, 0) is 16.1 Å². The molecule has 0 saturated heterocycles. The predicted molar refractivity (Wildman–Crippen MR) is 115 cm³/mol. The van der Waals surface area contributed by atoms with Crippen molar-refractivity contribution in [2.24, 2.45) is 0 Å². The van der Waals surface area contributed by atoms with Gasteiger partial charge in [0.25, 0.3) is 5.91 Å². The molecular weight excluding hydrogens is 364 g/mol. The molecular formula is C24H30N2O3. The molecule has 3 rings (SSSR count). The first-order chi connectivity index (χ1) is 13.9. The third kappa shape index (κ3) is 4.44. The number of unbranched alkanes of at least 4 members (excludes halogenated alkanes) is 2. The van der Waals surface area contributed by atoms with Crippen molar-refractivity contribution in [2.45, 2.75) is 59.5 Å². The maximum absolute atomic E-state index is 13.3. The Bertz CT molecular complexity index is 907. The van der Waals surface area contributed by atoms with Crippen LogP contribution in [0.5, 0.6) is 5.75 Å². The van der Waals surface area contributed by atoms with Gasteiger partial charge in [0.05, 0.1) is 18.8 Å². The topological polar surface area (TPSA) is 58.6 Å². The molecule has 1 N–H and O–H groups in total. The van der Waals surface area contributed by atoms with Crippen molar-refractivity contribution >= 4 is 17.5 Å². The fourth-order valence-corrected chi connectivity index (χ4v) is 3.90. The summed E-state index contributed by atoms with van der Waals surface area (Å²) in [7, 11) is 0. The SMILES string of the molecule is CCCCCOc1ccccc1CN1C(=O)[C@H](NC(C)=O)c2c(C)ccc(C)c21. The third-order valence-electron chi connectivity index (χ3n) is 5.36. The van der Waals surface area contributed by atoms with Crippen LogP contribution in [0.1, 0.15) is 61.4 Å². The van der Waals surface area contributed by atoms with Crippen molar-refractivity contribution in [3.63, 3.8) is 0 Å². The highest BCUT2D eigenvalue weighted by Crippen LogP contribution is 2.42. The number of fused-ring (bicyclic) bond motifs is 1. The van der Waals surface area contributed by atoms with Gasteiger partial charge in [-0.25, -0.2) is 0 Å². The van der Waals surface area contributed by atoms with Gasteiger partial charge in [0.15, 0.2) is 0 Å². The summed E-state index contributed by atoms with van der Waals surface area (Å²) in [5.74, 6) is 0.497. The lowest BCUT2D eigenvalue weighted by molar-refractivity contribution is -0.126. The molecule has 0 radical (unpaired) electrons. The van der Waals surface area contributed by atoms with Crippen molar-refractivity contribution in [3.8, 4) is 5.75 Å². The van der Waals surface area contributed by atoms with E-state index >= 15 is 0 Å². The van der Waals surface area contributed by atoms with Gasteiger partial charge in [-0.15, -0.1) is 0 Å². The van der Waals surface area contributed by atoms with E-state index in [0.717, 1.165) is 53.0 Å². The minimum atomic E-state index is -0.639. The first-order valence-corrected chi connectivity index (χ1v) is 10.3. The van der Waals surface area contributed by atoms with Crippen molar-refractivity contribution in [2.75, 3.05) is 11.5 Å². The van der Waals surface area contributed by atoms with Crippen LogP contribution in [0.25, 0.3) is 0 Å². The van der Waals surface area contributed by atoms with Gasteiger partial charge < -0.3 is 15.0 Å². The van der Waals surface area contributed by atoms with E-state index in [1.807, 2.05) is 50.2 Å². The normalized spacial score (nSPS) is 15.4. The summed E-state index contributed by atoms with van der Waals surface area (Å²) in [6, 6.07) is 11.3. The van der Waals surface area contributed by atoms with Gasteiger partial charge >= 0.3 is 0 Å². The van der Waals surface area contributed by atoms with Crippen molar-refractivity contribution in [1.29, 1.82) is 0 Å². The van der Waals surface area contributed by atoms with Gasteiger partial charge in [-0.05, 0) is 37.5 Å². The van der Waals surface area contributed by atoms with E-state index < -0.39 is 6.04 Å². The van der Waals surface area contributed by atoms with Crippen molar-refractivity contribution in [3.05, 3.63) is 58.7 Å². The molecule has 5 nitrogen and oxygen atoms in total. The number of benzene rings is 2. The minimum absolute atomic E-state index is 0.103.